The molecule has 0 aliphatic heterocycles. The molecule has 0 heterocycles. The lowest BCUT2D eigenvalue weighted by Gasteiger charge is -2.14. The zero-order valence-electron chi connectivity index (χ0n) is 9.64. The van der Waals surface area contributed by atoms with Crippen molar-refractivity contribution in [3.63, 3.8) is 0 Å². The van der Waals surface area contributed by atoms with Crippen LogP contribution in [0.2, 0.25) is 0 Å². The number of rotatable bonds is 2. The summed E-state index contributed by atoms with van der Waals surface area (Å²) in [6, 6.07) is 4.15. The second-order valence-electron chi connectivity index (χ2n) is 4.24. The molecule has 1 heteroatoms. The van der Waals surface area contributed by atoms with E-state index in [1.165, 1.54) is 11.1 Å². The molecular formula is C13H18O. The number of carbonyl (C=O) groups is 1. The highest BCUT2D eigenvalue weighted by atomic mass is 16.1. The molecule has 0 atom stereocenters. The Morgan fingerprint density at radius 3 is 2.21 bits per heavy atom. The molecule has 0 amide bonds. The summed E-state index contributed by atoms with van der Waals surface area (Å²) in [6.45, 7) is 10.0. The van der Waals surface area contributed by atoms with Crippen LogP contribution in [-0.4, -0.2) is 5.78 Å². The molecule has 14 heavy (non-hydrogen) atoms. The van der Waals surface area contributed by atoms with E-state index in [1.807, 2.05) is 19.9 Å². The third-order valence-electron chi connectivity index (χ3n) is 2.59. The van der Waals surface area contributed by atoms with Crippen molar-refractivity contribution in [3.8, 4) is 0 Å². The van der Waals surface area contributed by atoms with Gasteiger partial charge in [0.25, 0.3) is 0 Å². The van der Waals surface area contributed by atoms with Crippen LogP contribution in [0.4, 0.5) is 0 Å². The molecule has 1 rings (SSSR count). The summed E-state index contributed by atoms with van der Waals surface area (Å²) in [7, 11) is 0. The highest BCUT2D eigenvalue weighted by Gasteiger charge is 2.11. The third-order valence-corrected chi connectivity index (χ3v) is 2.59. The smallest absolute Gasteiger partial charge is 0.160 e. The molecule has 1 aromatic rings. The molecule has 0 fully saturated rings. The first-order valence-electron chi connectivity index (χ1n) is 5.05. The van der Waals surface area contributed by atoms with Gasteiger partial charge >= 0.3 is 0 Å². The van der Waals surface area contributed by atoms with Gasteiger partial charge in [0.1, 0.15) is 0 Å². The van der Waals surface area contributed by atoms with E-state index >= 15 is 0 Å². The van der Waals surface area contributed by atoms with Gasteiger partial charge in [-0.25, -0.2) is 0 Å². The predicted octanol–water partition coefficient (Wildman–Crippen LogP) is 3.63. The minimum atomic E-state index is 0.160. The molecule has 0 aromatic heterocycles. The summed E-state index contributed by atoms with van der Waals surface area (Å²) in [6.07, 6.45) is 0. The molecule has 0 spiro atoms. The van der Waals surface area contributed by atoms with Crippen LogP contribution in [0.5, 0.6) is 0 Å². The fourth-order valence-electron chi connectivity index (χ4n) is 1.85. The van der Waals surface area contributed by atoms with E-state index in [2.05, 4.69) is 19.9 Å². The Hall–Kier alpha value is -1.11. The van der Waals surface area contributed by atoms with Crippen LogP contribution in [0.15, 0.2) is 12.1 Å². The lowest BCUT2D eigenvalue weighted by atomic mass is 9.91. The fraction of sp³-hybridized carbons (Fsp3) is 0.462. The summed E-state index contributed by atoms with van der Waals surface area (Å²) in [5.41, 5.74) is 4.46. The Balaban J connectivity index is 3.40. The maximum atomic E-state index is 11.4. The van der Waals surface area contributed by atoms with Gasteiger partial charge in [0.2, 0.25) is 0 Å². The number of ketones is 1. The van der Waals surface area contributed by atoms with Crippen LogP contribution in [-0.2, 0) is 0 Å². The Morgan fingerprint density at radius 1 is 1.21 bits per heavy atom. The molecule has 1 nitrogen and oxygen atoms in total. The largest absolute Gasteiger partial charge is 0.295 e. The highest BCUT2D eigenvalue weighted by molar-refractivity contribution is 5.96. The molecule has 0 N–H and O–H groups in total. The van der Waals surface area contributed by atoms with Gasteiger partial charge in [0.15, 0.2) is 5.78 Å². The maximum absolute atomic E-state index is 11.4. The van der Waals surface area contributed by atoms with Crippen LogP contribution in [0.25, 0.3) is 0 Å². The van der Waals surface area contributed by atoms with Crippen molar-refractivity contribution >= 4 is 5.78 Å². The predicted molar refractivity (Wildman–Crippen MR) is 60.0 cm³/mol. The monoisotopic (exact) mass is 190 g/mol. The number of hydrogen-bond acceptors (Lipinski definition) is 1. The van der Waals surface area contributed by atoms with Crippen molar-refractivity contribution in [2.75, 3.05) is 0 Å². The quantitative estimate of drug-likeness (QED) is 0.651. The minimum absolute atomic E-state index is 0.160. The van der Waals surface area contributed by atoms with Crippen molar-refractivity contribution in [2.45, 2.75) is 40.5 Å². The number of carbonyl (C=O) groups excluding carboxylic acids is 1. The van der Waals surface area contributed by atoms with Gasteiger partial charge in [-0.05, 0) is 43.9 Å². The molecule has 1 aromatic carbocycles. The van der Waals surface area contributed by atoms with Crippen molar-refractivity contribution < 1.29 is 4.79 Å². The first-order valence-corrected chi connectivity index (χ1v) is 5.05. The van der Waals surface area contributed by atoms with Gasteiger partial charge in [-0.1, -0.05) is 25.5 Å². The summed E-state index contributed by atoms with van der Waals surface area (Å²) in [4.78, 5) is 11.4. The number of Topliss-reactive ketones (excluding diaryl/α,β-unsaturated/α-hetero) is 1. The standard InChI is InChI=1S/C13H18O/c1-8(2)12-6-9(3)7-13(10(12)4)11(5)14/h6-8H,1-5H3. The van der Waals surface area contributed by atoms with E-state index in [-0.39, 0.29) is 5.78 Å². The minimum Gasteiger partial charge on any atom is -0.295 e. The average molecular weight is 190 g/mol. The molecular weight excluding hydrogens is 172 g/mol. The van der Waals surface area contributed by atoms with Crippen molar-refractivity contribution in [1.29, 1.82) is 0 Å². The molecule has 0 aliphatic rings. The lowest BCUT2D eigenvalue weighted by molar-refractivity contribution is 0.101. The molecule has 0 saturated heterocycles. The topological polar surface area (TPSA) is 17.1 Å². The Kier molecular flexibility index (Phi) is 3.10. The first-order chi connectivity index (χ1) is 6.43. The van der Waals surface area contributed by atoms with E-state index < -0.39 is 0 Å². The molecule has 0 bridgehead atoms. The normalized spacial score (nSPS) is 10.7. The van der Waals surface area contributed by atoms with Crippen LogP contribution < -0.4 is 0 Å². The van der Waals surface area contributed by atoms with Gasteiger partial charge in [-0.2, -0.15) is 0 Å². The molecule has 0 aliphatic carbocycles. The Bertz CT molecular complexity index is 362. The number of hydrogen-bond donors (Lipinski definition) is 0. The molecule has 0 radical (unpaired) electrons. The lowest BCUT2D eigenvalue weighted by Crippen LogP contribution is -2.02. The fourth-order valence-corrected chi connectivity index (χ4v) is 1.85. The maximum Gasteiger partial charge on any atom is 0.160 e. The molecule has 76 valence electrons. The zero-order chi connectivity index (χ0) is 10.9. The third kappa shape index (κ3) is 2.03. The second kappa shape index (κ2) is 3.95. The van der Waals surface area contributed by atoms with Crippen LogP contribution in [0.3, 0.4) is 0 Å². The van der Waals surface area contributed by atoms with E-state index in [1.54, 1.807) is 6.92 Å². The van der Waals surface area contributed by atoms with Crippen LogP contribution >= 0.6 is 0 Å². The van der Waals surface area contributed by atoms with Crippen LogP contribution in [0.1, 0.15) is 53.7 Å². The summed E-state index contributed by atoms with van der Waals surface area (Å²) in [5, 5.41) is 0. The van der Waals surface area contributed by atoms with Gasteiger partial charge in [0, 0.05) is 5.56 Å². The molecule has 0 unspecified atom stereocenters. The van der Waals surface area contributed by atoms with Gasteiger partial charge in [-0.15, -0.1) is 0 Å². The summed E-state index contributed by atoms with van der Waals surface area (Å²) < 4.78 is 0. The van der Waals surface area contributed by atoms with E-state index in [9.17, 15) is 4.79 Å². The van der Waals surface area contributed by atoms with Crippen molar-refractivity contribution in [1.82, 2.24) is 0 Å². The zero-order valence-corrected chi connectivity index (χ0v) is 9.64. The van der Waals surface area contributed by atoms with E-state index in [0.29, 0.717) is 5.92 Å². The summed E-state index contributed by atoms with van der Waals surface area (Å²) in [5.74, 6) is 0.640. The van der Waals surface area contributed by atoms with Crippen LogP contribution in [0, 0.1) is 13.8 Å². The molecule has 0 saturated carbocycles. The highest BCUT2D eigenvalue weighted by Crippen LogP contribution is 2.24. The Labute approximate surface area is 86.1 Å². The van der Waals surface area contributed by atoms with Gasteiger partial charge in [0.05, 0.1) is 0 Å². The Morgan fingerprint density at radius 2 is 1.79 bits per heavy atom. The van der Waals surface area contributed by atoms with E-state index in [4.69, 9.17) is 0 Å². The van der Waals surface area contributed by atoms with Crippen molar-refractivity contribution in [3.05, 3.63) is 34.4 Å². The van der Waals surface area contributed by atoms with Gasteiger partial charge in [-0.3, -0.25) is 4.79 Å². The second-order valence-corrected chi connectivity index (χ2v) is 4.24. The summed E-state index contributed by atoms with van der Waals surface area (Å²) >= 11 is 0. The SMILES string of the molecule is CC(=O)c1cc(C)cc(C(C)C)c1C. The first kappa shape index (κ1) is 11.0. The number of aryl methyl sites for hydroxylation is 1. The van der Waals surface area contributed by atoms with E-state index in [0.717, 1.165) is 11.1 Å². The van der Waals surface area contributed by atoms with Gasteiger partial charge < -0.3 is 0 Å². The average Bonchev–Trinajstić information content (AvgIpc) is 2.07. The number of benzene rings is 1. The van der Waals surface area contributed by atoms with Crippen molar-refractivity contribution in [2.24, 2.45) is 0 Å².